The van der Waals surface area contributed by atoms with Gasteiger partial charge in [-0.2, -0.15) is 0 Å². The lowest BCUT2D eigenvalue weighted by molar-refractivity contribution is -0.123. The lowest BCUT2D eigenvalue weighted by atomic mass is 9.92. The highest BCUT2D eigenvalue weighted by molar-refractivity contribution is 5.82. The summed E-state index contributed by atoms with van der Waals surface area (Å²) in [5.41, 5.74) is 0.334. The van der Waals surface area contributed by atoms with Crippen molar-refractivity contribution in [3.8, 4) is 0 Å². The monoisotopic (exact) mass is 262 g/mol. The van der Waals surface area contributed by atoms with Crippen molar-refractivity contribution in [1.82, 2.24) is 20.2 Å². The summed E-state index contributed by atoms with van der Waals surface area (Å²) in [6.07, 6.45) is 7.15. The average Bonchev–Trinajstić information content (AvgIpc) is 2.94. The molecule has 0 bridgehead atoms. The maximum atomic E-state index is 12.1. The van der Waals surface area contributed by atoms with Gasteiger partial charge in [-0.3, -0.25) is 4.79 Å². The SMILES string of the molecule is Cc1nccn1CCNC(=O)C1CC12CCNCC2. The first kappa shape index (κ1) is 12.7. The van der Waals surface area contributed by atoms with Crippen molar-refractivity contribution in [1.29, 1.82) is 0 Å². The van der Waals surface area contributed by atoms with Crippen molar-refractivity contribution in [2.75, 3.05) is 19.6 Å². The number of carbonyl (C=O) groups is 1. The molecule has 0 aromatic carbocycles. The van der Waals surface area contributed by atoms with E-state index in [1.54, 1.807) is 6.20 Å². The van der Waals surface area contributed by atoms with E-state index in [0.717, 1.165) is 44.7 Å². The van der Waals surface area contributed by atoms with Gasteiger partial charge in [0.05, 0.1) is 0 Å². The summed E-state index contributed by atoms with van der Waals surface area (Å²) in [6, 6.07) is 0. The molecule has 1 saturated carbocycles. The Morgan fingerprint density at radius 3 is 3.05 bits per heavy atom. The molecule has 2 N–H and O–H groups in total. The lowest BCUT2D eigenvalue weighted by Crippen LogP contribution is -2.34. The molecule has 1 saturated heterocycles. The molecule has 0 radical (unpaired) electrons. The predicted octanol–water partition coefficient (Wildman–Crippen LogP) is 0.697. The average molecular weight is 262 g/mol. The third kappa shape index (κ3) is 2.52. The van der Waals surface area contributed by atoms with Crippen LogP contribution in [-0.4, -0.2) is 35.1 Å². The van der Waals surface area contributed by atoms with Gasteiger partial charge in [-0.15, -0.1) is 0 Å². The Morgan fingerprint density at radius 2 is 2.37 bits per heavy atom. The number of aromatic nitrogens is 2. The molecule has 2 aliphatic rings. The van der Waals surface area contributed by atoms with Crippen LogP contribution < -0.4 is 10.6 Å². The minimum Gasteiger partial charge on any atom is -0.354 e. The summed E-state index contributed by atoms with van der Waals surface area (Å²) < 4.78 is 2.06. The molecule has 1 aromatic rings. The summed E-state index contributed by atoms with van der Waals surface area (Å²) in [4.78, 5) is 16.3. The zero-order chi connectivity index (χ0) is 13.3. The van der Waals surface area contributed by atoms with Crippen LogP contribution >= 0.6 is 0 Å². The Morgan fingerprint density at radius 1 is 1.58 bits per heavy atom. The molecule has 2 heterocycles. The molecule has 19 heavy (non-hydrogen) atoms. The normalized spacial score (nSPS) is 24.4. The van der Waals surface area contributed by atoms with Gasteiger partial charge >= 0.3 is 0 Å². The van der Waals surface area contributed by atoms with Crippen molar-refractivity contribution < 1.29 is 4.79 Å². The van der Waals surface area contributed by atoms with Crippen LogP contribution in [0.4, 0.5) is 0 Å². The van der Waals surface area contributed by atoms with Crippen LogP contribution in [0.15, 0.2) is 12.4 Å². The molecule has 1 aromatic heterocycles. The number of amides is 1. The maximum absolute atomic E-state index is 12.1. The molecular formula is C14H22N4O. The quantitative estimate of drug-likeness (QED) is 0.839. The summed E-state index contributed by atoms with van der Waals surface area (Å²) >= 11 is 0. The maximum Gasteiger partial charge on any atom is 0.223 e. The van der Waals surface area contributed by atoms with E-state index in [1.165, 1.54) is 0 Å². The number of piperidine rings is 1. The van der Waals surface area contributed by atoms with Crippen molar-refractivity contribution in [2.24, 2.45) is 11.3 Å². The summed E-state index contributed by atoms with van der Waals surface area (Å²) in [6.45, 7) is 5.61. The fraction of sp³-hybridized carbons (Fsp3) is 0.714. The predicted molar refractivity (Wildman–Crippen MR) is 72.6 cm³/mol. The van der Waals surface area contributed by atoms with Gasteiger partial charge in [-0.1, -0.05) is 0 Å². The Balaban J connectivity index is 1.44. The van der Waals surface area contributed by atoms with E-state index in [2.05, 4.69) is 20.2 Å². The second kappa shape index (κ2) is 4.96. The third-order valence-corrected chi connectivity index (χ3v) is 4.68. The minimum atomic E-state index is 0.250. The molecule has 3 rings (SSSR count). The number of hydrogen-bond acceptors (Lipinski definition) is 3. The summed E-state index contributed by atoms with van der Waals surface area (Å²) in [5.74, 6) is 1.51. The molecular weight excluding hydrogens is 240 g/mol. The Labute approximate surface area is 113 Å². The minimum absolute atomic E-state index is 0.250. The molecule has 1 spiro atoms. The van der Waals surface area contributed by atoms with Crippen LogP contribution in [0.25, 0.3) is 0 Å². The van der Waals surface area contributed by atoms with Crippen LogP contribution in [0.2, 0.25) is 0 Å². The Hall–Kier alpha value is -1.36. The largest absolute Gasteiger partial charge is 0.354 e. The third-order valence-electron chi connectivity index (χ3n) is 4.68. The highest BCUT2D eigenvalue weighted by atomic mass is 16.2. The van der Waals surface area contributed by atoms with E-state index in [-0.39, 0.29) is 11.8 Å². The zero-order valence-electron chi connectivity index (χ0n) is 11.5. The second-order valence-electron chi connectivity index (χ2n) is 5.83. The molecule has 1 unspecified atom stereocenters. The molecule has 5 nitrogen and oxygen atoms in total. The number of rotatable bonds is 4. The van der Waals surface area contributed by atoms with Gasteiger partial charge in [0, 0.05) is 31.4 Å². The second-order valence-corrected chi connectivity index (χ2v) is 5.83. The summed E-state index contributed by atoms with van der Waals surface area (Å²) in [5, 5.41) is 6.44. The fourth-order valence-corrected chi connectivity index (χ4v) is 3.26. The Bertz CT molecular complexity index is 462. The standard InChI is InChI=1S/C14H22N4O/c1-11-16-6-8-18(11)9-7-17-13(19)12-10-14(12)2-4-15-5-3-14/h6,8,12,15H,2-5,7,9-10H2,1H3,(H,17,19). The molecule has 104 valence electrons. The van der Waals surface area contributed by atoms with Gasteiger partial charge in [0.15, 0.2) is 0 Å². The molecule has 1 aliphatic heterocycles. The molecule has 2 fully saturated rings. The zero-order valence-corrected chi connectivity index (χ0v) is 11.5. The van der Waals surface area contributed by atoms with Gasteiger partial charge in [0.1, 0.15) is 5.82 Å². The van der Waals surface area contributed by atoms with Gasteiger partial charge in [0.25, 0.3) is 0 Å². The number of carbonyl (C=O) groups excluding carboxylic acids is 1. The van der Waals surface area contributed by atoms with Crippen LogP contribution in [0, 0.1) is 18.3 Å². The summed E-state index contributed by atoms with van der Waals surface area (Å²) in [7, 11) is 0. The molecule has 1 amide bonds. The van der Waals surface area contributed by atoms with E-state index < -0.39 is 0 Å². The van der Waals surface area contributed by atoms with Crippen LogP contribution in [0.5, 0.6) is 0 Å². The number of nitrogens with one attached hydrogen (secondary N) is 2. The van der Waals surface area contributed by atoms with Crippen LogP contribution in [-0.2, 0) is 11.3 Å². The van der Waals surface area contributed by atoms with Gasteiger partial charge in [-0.25, -0.2) is 4.98 Å². The van der Waals surface area contributed by atoms with Crippen molar-refractivity contribution in [2.45, 2.75) is 32.7 Å². The fourth-order valence-electron chi connectivity index (χ4n) is 3.26. The number of hydrogen-bond donors (Lipinski definition) is 2. The van der Waals surface area contributed by atoms with Gasteiger partial charge < -0.3 is 15.2 Å². The van der Waals surface area contributed by atoms with E-state index in [4.69, 9.17) is 0 Å². The smallest absolute Gasteiger partial charge is 0.223 e. The van der Waals surface area contributed by atoms with Crippen molar-refractivity contribution in [3.05, 3.63) is 18.2 Å². The highest BCUT2D eigenvalue weighted by Crippen LogP contribution is 2.58. The molecule has 1 aliphatic carbocycles. The topological polar surface area (TPSA) is 59.0 Å². The van der Waals surface area contributed by atoms with E-state index in [1.807, 2.05) is 13.1 Å². The first-order valence-corrected chi connectivity index (χ1v) is 7.17. The number of nitrogens with zero attached hydrogens (tertiary/aromatic N) is 2. The molecule has 1 atom stereocenters. The van der Waals surface area contributed by atoms with Gasteiger partial charge in [-0.05, 0) is 44.7 Å². The number of imidazole rings is 1. The molecule has 5 heteroatoms. The lowest BCUT2D eigenvalue weighted by Gasteiger charge is -2.23. The van der Waals surface area contributed by atoms with Crippen molar-refractivity contribution >= 4 is 5.91 Å². The van der Waals surface area contributed by atoms with Gasteiger partial charge in [0.2, 0.25) is 5.91 Å². The number of aryl methyl sites for hydroxylation is 1. The van der Waals surface area contributed by atoms with Crippen LogP contribution in [0.1, 0.15) is 25.1 Å². The first-order valence-electron chi connectivity index (χ1n) is 7.17. The van der Waals surface area contributed by atoms with Crippen molar-refractivity contribution in [3.63, 3.8) is 0 Å². The van der Waals surface area contributed by atoms with E-state index in [0.29, 0.717) is 12.0 Å². The Kier molecular flexibility index (Phi) is 3.31. The highest BCUT2D eigenvalue weighted by Gasteiger charge is 2.57. The van der Waals surface area contributed by atoms with E-state index in [9.17, 15) is 4.79 Å². The van der Waals surface area contributed by atoms with Crippen LogP contribution in [0.3, 0.4) is 0 Å². The first-order chi connectivity index (χ1) is 9.21. The van der Waals surface area contributed by atoms with E-state index >= 15 is 0 Å².